The summed E-state index contributed by atoms with van der Waals surface area (Å²) in [5.41, 5.74) is 1.26. The lowest BCUT2D eigenvalue weighted by Crippen LogP contribution is -2.41. The number of carbonyl (C=O) groups excluding carboxylic acids is 1. The Labute approximate surface area is 151 Å². The monoisotopic (exact) mass is 360 g/mol. The molecule has 0 bridgehead atoms. The molecule has 1 saturated heterocycles. The first-order valence-corrected chi connectivity index (χ1v) is 8.73. The Morgan fingerprint density at radius 1 is 1.19 bits per heavy atom. The van der Waals surface area contributed by atoms with Crippen molar-refractivity contribution < 1.29 is 18.3 Å². The maximum Gasteiger partial charge on any atom is 0.407 e. The van der Waals surface area contributed by atoms with Crippen LogP contribution in [0.2, 0.25) is 0 Å². The van der Waals surface area contributed by atoms with Crippen LogP contribution in [-0.2, 0) is 11.3 Å². The van der Waals surface area contributed by atoms with Crippen molar-refractivity contribution in [3.8, 4) is 0 Å². The van der Waals surface area contributed by atoms with Crippen LogP contribution in [0.1, 0.15) is 23.5 Å². The number of benzene rings is 2. The average Bonchev–Trinajstić information content (AvgIpc) is 2.68. The third kappa shape index (κ3) is 4.79. The van der Waals surface area contributed by atoms with Crippen molar-refractivity contribution in [2.75, 3.05) is 19.6 Å². The predicted molar refractivity (Wildman–Crippen MR) is 94.7 cm³/mol. The molecule has 0 aromatic heterocycles. The molecule has 0 aliphatic carbocycles. The van der Waals surface area contributed by atoms with Gasteiger partial charge in [0.25, 0.3) is 0 Å². The van der Waals surface area contributed by atoms with Gasteiger partial charge in [0, 0.05) is 19.0 Å². The van der Waals surface area contributed by atoms with Gasteiger partial charge in [0.15, 0.2) is 0 Å². The van der Waals surface area contributed by atoms with Gasteiger partial charge in [-0.15, -0.1) is 0 Å². The molecule has 3 rings (SSSR count). The van der Waals surface area contributed by atoms with Crippen LogP contribution >= 0.6 is 0 Å². The Morgan fingerprint density at radius 3 is 2.81 bits per heavy atom. The van der Waals surface area contributed by atoms with E-state index in [1.165, 1.54) is 6.07 Å². The second-order valence-corrected chi connectivity index (χ2v) is 6.47. The second kappa shape index (κ2) is 8.76. The molecular weight excluding hydrogens is 338 g/mol. The molecule has 26 heavy (non-hydrogen) atoms. The quantitative estimate of drug-likeness (QED) is 0.857. The van der Waals surface area contributed by atoms with Crippen molar-refractivity contribution in [3.63, 3.8) is 0 Å². The van der Waals surface area contributed by atoms with Crippen molar-refractivity contribution in [2.24, 2.45) is 5.92 Å². The van der Waals surface area contributed by atoms with Gasteiger partial charge in [-0.1, -0.05) is 30.3 Å². The van der Waals surface area contributed by atoms with E-state index in [1.54, 1.807) is 0 Å². The number of hydrogen-bond acceptors (Lipinski definition) is 3. The summed E-state index contributed by atoms with van der Waals surface area (Å²) in [5, 5.41) is 5.96. The van der Waals surface area contributed by atoms with Gasteiger partial charge in [-0.05, 0) is 48.2 Å². The molecule has 0 radical (unpaired) electrons. The molecule has 1 aliphatic rings. The molecule has 1 amide bonds. The van der Waals surface area contributed by atoms with Gasteiger partial charge in [-0.25, -0.2) is 13.6 Å². The van der Waals surface area contributed by atoms with Crippen molar-refractivity contribution in [2.45, 2.75) is 18.9 Å². The van der Waals surface area contributed by atoms with Crippen LogP contribution in [0, 0.1) is 17.6 Å². The first-order chi connectivity index (χ1) is 12.6. The van der Waals surface area contributed by atoms with E-state index in [1.807, 2.05) is 30.3 Å². The van der Waals surface area contributed by atoms with E-state index in [2.05, 4.69) is 10.6 Å². The largest absolute Gasteiger partial charge is 0.445 e. The summed E-state index contributed by atoms with van der Waals surface area (Å²) >= 11 is 0. The number of ether oxygens (including phenoxy) is 1. The fourth-order valence-electron chi connectivity index (χ4n) is 3.31. The normalized spacial score (nSPS) is 19.8. The molecule has 0 saturated carbocycles. The van der Waals surface area contributed by atoms with Gasteiger partial charge >= 0.3 is 6.09 Å². The molecule has 2 atom stereocenters. The Bertz CT molecular complexity index is 740. The van der Waals surface area contributed by atoms with E-state index in [0.29, 0.717) is 18.7 Å². The SMILES string of the molecule is O=C(NC[C@@H]1CCNC[C@@H]1c1cc(F)ccc1F)OCc1ccccc1. The number of rotatable bonds is 5. The Kier molecular flexibility index (Phi) is 6.17. The number of alkyl carbamates (subject to hydrolysis) is 1. The fourth-order valence-corrected chi connectivity index (χ4v) is 3.31. The van der Waals surface area contributed by atoms with Crippen LogP contribution in [0.4, 0.5) is 13.6 Å². The molecule has 6 heteroatoms. The summed E-state index contributed by atoms with van der Waals surface area (Å²) in [6.45, 7) is 1.88. The number of halogens is 2. The number of piperidine rings is 1. The van der Waals surface area contributed by atoms with Crippen LogP contribution in [0.25, 0.3) is 0 Å². The molecule has 1 aliphatic heterocycles. The topological polar surface area (TPSA) is 50.4 Å². The van der Waals surface area contributed by atoms with Crippen LogP contribution in [0.15, 0.2) is 48.5 Å². The van der Waals surface area contributed by atoms with E-state index >= 15 is 0 Å². The summed E-state index contributed by atoms with van der Waals surface area (Å²) in [4.78, 5) is 11.9. The lowest BCUT2D eigenvalue weighted by molar-refractivity contribution is 0.136. The minimum Gasteiger partial charge on any atom is -0.445 e. The van der Waals surface area contributed by atoms with Gasteiger partial charge in [-0.2, -0.15) is 0 Å². The molecule has 1 heterocycles. The average molecular weight is 360 g/mol. The maximum absolute atomic E-state index is 14.1. The zero-order valence-electron chi connectivity index (χ0n) is 14.4. The summed E-state index contributed by atoms with van der Waals surface area (Å²) in [7, 11) is 0. The van der Waals surface area contributed by atoms with Gasteiger partial charge in [-0.3, -0.25) is 0 Å². The highest BCUT2D eigenvalue weighted by Gasteiger charge is 2.29. The van der Waals surface area contributed by atoms with E-state index in [0.717, 1.165) is 30.7 Å². The molecule has 2 aromatic rings. The predicted octanol–water partition coefficient (Wildman–Crippen LogP) is 3.58. The van der Waals surface area contributed by atoms with Crippen LogP contribution in [0.5, 0.6) is 0 Å². The Morgan fingerprint density at radius 2 is 2.00 bits per heavy atom. The van der Waals surface area contributed by atoms with E-state index in [-0.39, 0.29) is 18.4 Å². The number of nitrogens with one attached hydrogen (secondary N) is 2. The summed E-state index contributed by atoms with van der Waals surface area (Å²) < 4.78 is 32.9. The fraction of sp³-hybridized carbons (Fsp3) is 0.350. The van der Waals surface area contributed by atoms with E-state index < -0.39 is 17.7 Å². The van der Waals surface area contributed by atoms with Crippen LogP contribution in [-0.4, -0.2) is 25.7 Å². The molecular formula is C20H22F2N2O2. The summed E-state index contributed by atoms with van der Waals surface area (Å²) in [5.74, 6) is -1.07. The molecule has 2 aromatic carbocycles. The van der Waals surface area contributed by atoms with E-state index in [9.17, 15) is 13.6 Å². The highest BCUT2D eigenvalue weighted by atomic mass is 19.1. The van der Waals surface area contributed by atoms with Crippen molar-refractivity contribution in [1.29, 1.82) is 0 Å². The van der Waals surface area contributed by atoms with Crippen LogP contribution in [0.3, 0.4) is 0 Å². The smallest absolute Gasteiger partial charge is 0.407 e. The Balaban J connectivity index is 1.56. The lowest BCUT2D eigenvalue weighted by Gasteiger charge is -2.32. The maximum atomic E-state index is 14.1. The van der Waals surface area contributed by atoms with Crippen molar-refractivity contribution in [1.82, 2.24) is 10.6 Å². The Hall–Kier alpha value is -2.47. The first kappa shape index (κ1) is 18.3. The zero-order valence-corrected chi connectivity index (χ0v) is 14.4. The van der Waals surface area contributed by atoms with Crippen molar-refractivity contribution >= 4 is 6.09 Å². The van der Waals surface area contributed by atoms with Crippen molar-refractivity contribution in [3.05, 3.63) is 71.3 Å². The van der Waals surface area contributed by atoms with Gasteiger partial charge in [0.05, 0.1) is 0 Å². The third-order valence-corrected chi connectivity index (χ3v) is 4.70. The molecule has 0 unspecified atom stereocenters. The van der Waals surface area contributed by atoms with E-state index in [4.69, 9.17) is 4.74 Å². The highest BCUT2D eigenvalue weighted by Crippen LogP contribution is 2.31. The molecule has 2 N–H and O–H groups in total. The molecule has 0 spiro atoms. The molecule has 138 valence electrons. The lowest BCUT2D eigenvalue weighted by atomic mass is 9.81. The minimum atomic E-state index is -0.508. The van der Waals surface area contributed by atoms with Gasteiger partial charge in [0.1, 0.15) is 18.2 Å². The standard InChI is InChI=1S/C20H22F2N2O2/c21-16-6-7-19(22)17(10-16)18-12-23-9-8-15(18)11-24-20(25)26-13-14-4-2-1-3-5-14/h1-7,10,15,18,23H,8-9,11-13H2,(H,24,25)/t15-,18-/m0/s1. The van der Waals surface area contributed by atoms with Crippen LogP contribution < -0.4 is 10.6 Å². The molecule has 1 fully saturated rings. The third-order valence-electron chi connectivity index (χ3n) is 4.70. The second-order valence-electron chi connectivity index (χ2n) is 6.47. The first-order valence-electron chi connectivity index (χ1n) is 8.73. The number of amides is 1. The number of carbonyl (C=O) groups is 1. The van der Waals surface area contributed by atoms with Gasteiger partial charge in [0.2, 0.25) is 0 Å². The highest BCUT2D eigenvalue weighted by molar-refractivity contribution is 5.67. The zero-order chi connectivity index (χ0) is 18.4. The summed E-state index contributed by atoms with van der Waals surface area (Å²) in [6.07, 6.45) is 0.255. The molecule has 4 nitrogen and oxygen atoms in total. The number of hydrogen-bond donors (Lipinski definition) is 2. The summed E-state index contributed by atoms with van der Waals surface area (Å²) in [6, 6.07) is 12.9. The van der Waals surface area contributed by atoms with Gasteiger partial charge < -0.3 is 15.4 Å². The minimum absolute atomic E-state index is 0.0109.